The standard InChI is InChI=1S/C11H13NO3.C2H6/c1-7-9(11(14)15-3)5-4-6-10(7)12-8(2)13;1-2/h4-6H,1-3H3,(H,12,13);1-2H3. The van der Waals surface area contributed by atoms with Gasteiger partial charge in [0.05, 0.1) is 12.7 Å². The Labute approximate surface area is 102 Å². The third-order valence-corrected chi connectivity index (χ3v) is 2.05. The van der Waals surface area contributed by atoms with E-state index in [1.807, 2.05) is 13.8 Å². The first-order valence-electron chi connectivity index (χ1n) is 5.51. The quantitative estimate of drug-likeness (QED) is 0.805. The molecule has 0 aliphatic rings. The number of rotatable bonds is 2. The zero-order valence-electron chi connectivity index (χ0n) is 11.0. The van der Waals surface area contributed by atoms with Crippen molar-refractivity contribution in [2.24, 2.45) is 0 Å². The van der Waals surface area contributed by atoms with Crippen LogP contribution in [0.25, 0.3) is 0 Å². The monoisotopic (exact) mass is 237 g/mol. The van der Waals surface area contributed by atoms with E-state index in [1.54, 1.807) is 25.1 Å². The Morgan fingerprint density at radius 3 is 2.29 bits per heavy atom. The lowest BCUT2D eigenvalue weighted by Gasteiger charge is -2.09. The molecule has 17 heavy (non-hydrogen) atoms. The summed E-state index contributed by atoms with van der Waals surface area (Å²) >= 11 is 0. The summed E-state index contributed by atoms with van der Waals surface area (Å²) in [5, 5.41) is 2.65. The second-order valence-corrected chi connectivity index (χ2v) is 3.15. The predicted octanol–water partition coefficient (Wildman–Crippen LogP) is 2.77. The molecule has 0 spiro atoms. The van der Waals surface area contributed by atoms with Crippen LogP contribution in [0.1, 0.15) is 36.7 Å². The molecule has 0 aromatic heterocycles. The van der Waals surface area contributed by atoms with Crippen LogP contribution in [0.3, 0.4) is 0 Å². The maximum atomic E-state index is 11.3. The van der Waals surface area contributed by atoms with Gasteiger partial charge in [-0.2, -0.15) is 0 Å². The summed E-state index contributed by atoms with van der Waals surface area (Å²) in [5.41, 5.74) is 1.80. The first kappa shape index (κ1) is 15.2. The summed E-state index contributed by atoms with van der Waals surface area (Å²) in [6.45, 7) is 7.18. The van der Waals surface area contributed by atoms with Crippen LogP contribution in [0, 0.1) is 6.92 Å². The van der Waals surface area contributed by atoms with Gasteiger partial charge in [-0.3, -0.25) is 4.79 Å². The van der Waals surface area contributed by atoms with Crippen LogP contribution < -0.4 is 5.32 Å². The molecule has 0 heterocycles. The molecule has 0 radical (unpaired) electrons. The van der Waals surface area contributed by atoms with Gasteiger partial charge in [0.25, 0.3) is 0 Å². The SMILES string of the molecule is CC.COC(=O)c1cccc(NC(C)=O)c1C. The highest BCUT2D eigenvalue weighted by molar-refractivity contribution is 5.95. The Bertz CT molecular complexity index is 400. The van der Waals surface area contributed by atoms with E-state index >= 15 is 0 Å². The maximum Gasteiger partial charge on any atom is 0.338 e. The zero-order chi connectivity index (χ0) is 13.4. The summed E-state index contributed by atoms with van der Waals surface area (Å²) in [4.78, 5) is 22.2. The van der Waals surface area contributed by atoms with Gasteiger partial charge in [0, 0.05) is 12.6 Å². The van der Waals surface area contributed by atoms with E-state index < -0.39 is 5.97 Å². The Morgan fingerprint density at radius 2 is 1.82 bits per heavy atom. The molecular formula is C13H19NO3. The van der Waals surface area contributed by atoms with Gasteiger partial charge in [-0.1, -0.05) is 19.9 Å². The van der Waals surface area contributed by atoms with E-state index in [9.17, 15) is 9.59 Å². The molecule has 94 valence electrons. The van der Waals surface area contributed by atoms with Gasteiger partial charge >= 0.3 is 5.97 Å². The van der Waals surface area contributed by atoms with Crippen molar-refractivity contribution in [2.75, 3.05) is 12.4 Å². The molecule has 4 heteroatoms. The Kier molecular flexibility index (Phi) is 6.63. The molecule has 1 amide bonds. The number of amides is 1. The minimum atomic E-state index is -0.403. The van der Waals surface area contributed by atoms with Gasteiger partial charge in [-0.15, -0.1) is 0 Å². The summed E-state index contributed by atoms with van der Waals surface area (Å²) in [7, 11) is 1.33. The molecule has 0 saturated carbocycles. The zero-order valence-corrected chi connectivity index (χ0v) is 11.0. The molecule has 0 atom stereocenters. The van der Waals surface area contributed by atoms with E-state index in [0.717, 1.165) is 0 Å². The van der Waals surface area contributed by atoms with E-state index in [1.165, 1.54) is 14.0 Å². The highest BCUT2D eigenvalue weighted by atomic mass is 16.5. The van der Waals surface area contributed by atoms with Gasteiger partial charge in [0.2, 0.25) is 5.91 Å². The van der Waals surface area contributed by atoms with Crippen molar-refractivity contribution < 1.29 is 14.3 Å². The summed E-state index contributed by atoms with van der Waals surface area (Å²) in [6, 6.07) is 5.10. The number of nitrogens with one attached hydrogen (secondary N) is 1. The Hall–Kier alpha value is -1.84. The second-order valence-electron chi connectivity index (χ2n) is 3.15. The molecule has 0 fully saturated rings. The van der Waals surface area contributed by atoms with Crippen molar-refractivity contribution in [2.45, 2.75) is 27.7 Å². The van der Waals surface area contributed by atoms with Crippen LogP contribution in [-0.4, -0.2) is 19.0 Å². The highest BCUT2D eigenvalue weighted by Gasteiger charge is 2.11. The number of anilines is 1. The molecule has 1 aromatic carbocycles. The normalized spacial score (nSPS) is 8.76. The molecular weight excluding hydrogens is 218 g/mol. The number of methoxy groups -OCH3 is 1. The molecule has 1 N–H and O–H groups in total. The number of hydrogen-bond acceptors (Lipinski definition) is 3. The molecule has 0 aliphatic heterocycles. The molecule has 1 rings (SSSR count). The van der Waals surface area contributed by atoms with Crippen LogP contribution in [0.4, 0.5) is 5.69 Å². The molecule has 0 aliphatic carbocycles. The predicted molar refractivity (Wildman–Crippen MR) is 68.2 cm³/mol. The number of benzene rings is 1. The Balaban J connectivity index is 0.00000121. The molecule has 0 unspecified atom stereocenters. The van der Waals surface area contributed by atoms with Gasteiger partial charge in [-0.05, 0) is 24.6 Å². The van der Waals surface area contributed by atoms with Gasteiger partial charge in [0.15, 0.2) is 0 Å². The van der Waals surface area contributed by atoms with E-state index in [0.29, 0.717) is 16.8 Å². The highest BCUT2D eigenvalue weighted by Crippen LogP contribution is 2.19. The molecule has 0 bridgehead atoms. The summed E-state index contributed by atoms with van der Waals surface area (Å²) in [6.07, 6.45) is 0. The van der Waals surface area contributed by atoms with Crippen LogP contribution in [-0.2, 0) is 9.53 Å². The first-order chi connectivity index (χ1) is 8.06. The van der Waals surface area contributed by atoms with Crippen molar-refractivity contribution in [1.29, 1.82) is 0 Å². The lowest BCUT2D eigenvalue weighted by atomic mass is 10.1. The fourth-order valence-corrected chi connectivity index (χ4v) is 1.29. The number of esters is 1. The number of ether oxygens (including phenoxy) is 1. The van der Waals surface area contributed by atoms with Crippen LogP contribution in [0.5, 0.6) is 0 Å². The second kappa shape index (κ2) is 7.44. The van der Waals surface area contributed by atoms with Crippen LogP contribution >= 0.6 is 0 Å². The van der Waals surface area contributed by atoms with Gasteiger partial charge < -0.3 is 10.1 Å². The van der Waals surface area contributed by atoms with E-state index in [4.69, 9.17) is 0 Å². The third kappa shape index (κ3) is 4.26. The van der Waals surface area contributed by atoms with Crippen molar-refractivity contribution in [1.82, 2.24) is 0 Å². The van der Waals surface area contributed by atoms with Gasteiger partial charge in [0.1, 0.15) is 0 Å². The van der Waals surface area contributed by atoms with E-state index in [2.05, 4.69) is 10.1 Å². The van der Waals surface area contributed by atoms with Crippen molar-refractivity contribution >= 4 is 17.6 Å². The lowest BCUT2D eigenvalue weighted by molar-refractivity contribution is -0.114. The van der Waals surface area contributed by atoms with Crippen LogP contribution in [0.15, 0.2) is 18.2 Å². The lowest BCUT2D eigenvalue weighted by Crippen LogP contribution is -2.10. The smallest absolute Gasteiger partial charge is 0.338 e. The van der Waals surface area contributed by atoms with Crippen molar-refractivity contribution in [3.63, 3.8) is 0 Å². The number of hydrogen-bond donors (Lipinski definition) is 1. The number of carbonyl (C=O) groups excluding carboxylic acids is 2. The van der Waals surface area contributed by atoms with E-state index in [-0.39, 0.29) is 5.91 Å². The third-order valence-electron chi connectivity index (χ3n) is 2.05. The van der Waals surface area contributed by atoms with Crippen molar-refractivity contribution in [3.05, 3.63) is 29.3 Å². The average Bonchev–Trinajstić information content (AvgIpc) is 2.33. The summed E-state index contributed by atoms with van der Waals surface area (Å²) in [5.74, 6) is -0.570. The minimum Gasteiger partial charge on any atom is -0.465 e. The maximum absolute atomic E-state index is 11.3. The molecule has 4 nitrogen and oxygen atoms in total. The van der Waals surface area contributed by atoms with Gasteiger partial charge in [-0.25, -0.2) is 4.79 Å². The fraction of sp³-hybridized carbons (Fsp3) is 0.385. The largest absolute Gasteiger partial charge is 0.465 e. The fourth-order valence-electron chi connectivity index (χ4n) is 1.29. The number of carbonyl (C=O) groups is 2. The summed E-state index contributed by atoms with van der Waals surface area (Å²) < 4.78 is 4.63. The topological polar surface area (TPSA) is 55.4 Å². The average molecular weight is 237 g/mol. The molecule has 0 saturated heterocycles. The minimum absolute atomic E-state index is 0.167. The first-order valence-corrected chi connectivity index (χ1v) is 5.51. The molecule has 1 aromatic rings. The Morgan fingerprint density at radius 1 is 1.24 bits per heavy atom. The van der Waals surface area contributed by atoms with Crippen molar-refractivity contribution in [3.8, 4) is 0 Å². The van der Waals surface area contributed by atoms with Crippen LogP contribution in [0.2, 0.25) is 0 Å².